The number of nitro groups is 1. The summed E-state index contributed by atoms with van der Waals surface area (Å²) < 4.78 is 4.67. The minimum Gasteiger partial charge on any atom is -0.465 e. The molecule has 0 unspecified atom stereocenters. The fraction of sp³-hybridized carbons (Fsp3) is 0.222. The zero-order valence-electron chi connectivity index (χ0n) is 14.7. The summed E-state index contributed by atoms with van der Waals surface area (Å²) in [6.07, 6.45) is 0. The fourth-order valence-electron chi connectivity index (χ4n) is 2.41. The minimum absolute atomic E-state index is 0.159. The SMILES string of the molecule is COC(=O)c1cccc(CNC(=O)c2cc([N+](=O)[O-])ccc2N(C)C)c1. The first-order valence-electron chi connectivity index (χ1n) is 7.74. The van der Waals surface area contributed by atoms with Gasteiger partial charge in [-0.25, -0.2) is 4.79 Å². The summed E-state index contributed by atoms with van der Waals surface area (Å²) in [6.45, 7) is 0.166. The van der Waals surface area contributed by atoms with E-state index < -0.39 is 16.8 Å². The smallest absolute Gasteiger partial charge is 0.337 e. The lowest BCUT2D eigenvalue weighted by atomic mass is 10.1. The lowest BCUT2D eigenvalue weighted by Gasteiger charge is -2.17. The molecule has 0 atom stereocenters. The van der Waals surface area contributed by atoms with Gasteiger partial charge in [-0.1, -0.05) is 12.1 Å². The molecular weight excluding hydrogens is 338 g/mol. The van der Waals surface area contributed by atoms with Crippen LogP contribution >= 0.6 is 0 Å². The summed E-state index contributed by atoms with van der Waals surface area (Å²) in [5, 5.41) is 13.7. The van der Waals surface area contributed by atoms with Gasteiger partial charge in [0.15, 0.2) is 0 Å². The Balaban J connectivity index is 2.21. The molecule has 1 N–H and O–H groups in total. The third kappa shape index (κ3) is 4.35. The maximum atomic E-state index is 12.5. The number of non-ortho nitro benzene ring substituents is 1. The highest BCUT2D eigenvalue weighted by atomic mass is 16.6. The predicted octanol–water partition coefficient (Wildman–Crippen LogP) is 2.38. The lowest BCUT2D eigenvalue weighted by molar-refractivity contribution is -0.384. The monoisotopic (exact) mass is 357 g/mol. The number of hydrogen-bond donors (Lipinski definition) is 1. The molecule has 0 aliphatic heterocycles. The van der Waals surface area contributed by atoms with Crippen LogP contribution in [0.5, 0.6) is 0 Å². The second-order valence-electron chi connectivity index (χ2n) is 5.73. The standard InChI is InChI=1S/C18H19N3O5/c1-20(2)16-8-7-14(21(24)25)10-15(16)17(22)19-11-12-5-4-6-13(9-12)18(23)26-3/h4-10H,11H2,1-3H3,(H,19,22). The molecule has 0 radical (unpaired) electrons. The molecular formula is C18H19N3O5. The van der Waals surface area contributed by atoms with Gasteiger partial charge in [-0.15, -0.1) is 0 Å². The topological polar surface area (TPSA) is 102 Å². The molecule has 8 nitrogen and oxygen atoms in total. The van der Waals surface area contributed by atoms with Crippen molar-refractivity contribution in [2.75, 3.05) is 26.1 Å². The molecule has 0 saturated carbocycles. The number of hydrogen-bond acceptors (Lipinski definition) is 6. The highest BCUT2D eigenvalue weighted by Gasteiger charge is 2.18. The Kier molecular flexibility index (Phi) is 5.90. The van der Waals surface area contributed by atoms with Crippen LogP contribution in [0.3, 0.4) is 0 Å². The van der Waals surface area contributed by atoms with Crippen LogP contribution in [-0.2, 0) is 11.3 Å². The molecule has 2 aromatic carbocycles. The number of carbonyl (C=O) groups excluding carboxylic acids is 2. The number of ether oxygens (including phenoxy) is 1. The average molecular weight is 357 g/mol. The Hall–Kier alpha value is -3.42. The van der Waals surface area contributed by atoms with E-state index in [0.717, 1.165) is 0 Å². The van der Waals surface area contributed by atoms with Gasteiger partial charge in [0.05, 0.1) is 23.2 Å². The lowest BCUT2D eigenvalue weighted by Crippen LogP contribution is -2.25. The van der Waals surface area contributed by atoms with Crippen molar-refractivity contribution < 1.29 is 19.2 Å². The Morgan fingerprint density at radius 1 is 1.19 bits per heavy atom. The van der Waals surface area contributed by atoms with Crippen molar-refractivity contribution in [1.29, 1.82) is 0 Å². The average Bonchev–Trinajstić information content (AvgIpc) is 2.64. The second-order valence-corrected chi connectivity index (χ2v) is 5.73. The predicted molar refractivity (Wildman–Crippen MR) is 96.4 cm³/mol. The van der Waals surface area contributed by atoms with E-state index in [0.29, 0.717) is 16.8 Å². The Labute approximate surface area is 150 Å². The minimum atomic E-state index is -0.546. The number of carbonyl (C=O) groups is 2. The molecule has 0 fully saturated rings. The van der Waals surface area contributed by atoms with Gasteiger partial charge < -0.3 is 15.0 Å². The molecule has 1 amide bonds. The van der Waals surface area contributed by atoms with E-state index >= 15 is 0 Å². The van der Waals surface area contributed by atoms with Crippen molar-refractivity contribution in [3.63, 3.8) is 0 Å². The summed E-state index contributed by atoms with van der Waals surface area (Å²) in [4.78, 5) is 36.3. The van der Waals surface area contributed by atoms with E-state index in [-0.39, 0.29) is 17.8 Å². The number of nitro benzene ring substituents is 1. The van der Waals surface area contributed by atoms with E-state index in [9.17, 15) is 19.7 Å². The number of nitrogens with one attached hydrogen (secondary N) is 1. The molecule has 0 spiro atoms. The Morgan fingerprint density at radius 3 is 2.54 bits per heavy atom. The van der Waals surface area contributed by atoms with Gasteiger partial charge in [-0.05, 0) is 23.8 Å². The quantitative estimate of drug-likeness (QED) is 0.484. The van der Waals surface area contributed by atoms with Crippen molar-refractivity contribution in [2.45, 2.75) is 6.54 Å². The van der Waals surface area contributed by atoms with Gasteiger partial charge >= 0.3 is 5.97 Å². The van der Waals surface area contributed by atoms with Crippen molar-refractivity contribution in [3.8, 4) is 0 Å². The maximum absolute atomic E-state index is 12.5. The van der Waals surface area contributed by atoms with Crippen molar-refractivity contribution in [3.05, 3.63) is 69.3 Å². The molecule has 136 valence electrons. The molecule has 0 aliphatic rings. The second kappa shape index (κ2) is 8.11. The maximum Gasteiger partial charge on any atom is 0.337 e. The third-order valence-corrected chi connectivity index (χ3v) is 3.72. The highest BCUT2D eigenvalue weighted by Crippen LogP contribution is 2.24. The van der Waals surface area contributed by atoms with Crippen LogP contribution in [0.2, 0.25) is 0 Å². The molecule has 2 aromatic rings. The van der Waals surface area contributed by atoms with E-state index in [4.69, 9.17) is 0 Å². The number of nitrogens with zero attached hydrogens (tertiary/aromatic N) is 2. The van der Waals surface area contributed by atoms with Crippen LogP contribution in [0.1, 0.15) is 26.3 Å². The van der Waals surface area contributed by atoms with Crippen LogP contribution in [0.4, 0.5) is 11.4 Å². The third-order valence-electron chi connectivity index (χ3n) is 3.72. The summed E-state index contributed by atoms with van der Waals surface area (Å²) in [6, 6.07) is 10.8. The molecule has 8 heteroatoms. The normalized spacial score (nSPS) is 10.1. The van der Waals surface area contributed by atoms with Gasteiger partial charge in [0.25, 0.3) is 11.6 Å². The molecule has 0 aromatic heterocycles. The molecule has 26 heavy (non-hydrogen) atoms. The highest BCUT2D eigenvalue weighted by molar-refractivity contribution is 6.00. The van der Waals surface area contributed by atoms with Crippen molar-refractivity contribution >= 4 is 23.3 Å². The first-order valence-corrected chi connectivity index (χ1v) is 7.74. The van der Waals surface area contributed by atoms with Crippen LogP contribution in [-0.4, -0.2) is 38.0 Å². The summed E-state index contributed by atoms with van der Waals surface area (Å²) in [5.41, 5.74) is 1.69. The summed E-state index contributed by atoms with van der Waals surface area (Å²) in [7, 11) is 4.79. The first-order chi connectivity index (χ1) is 12.3. The van der Waals surface area contributed by atoms with E-state index in [1.807, 2.05) is 0 Å². The van der Waals surface area contributed by atoms with Crippen LogP contribution in [0.15, 0.2) is 42.5 Å². The van der Waals surface area contributed by atoms with Gasteiger partial charge in [0.1, 0.15) is 0 Å². The van der Waals surface area contributed by atoms with Crippen molar-refractivity contribution in [2.24, 2.45) is 0 Å². The van der Waals surface area contributed by atoms with Gasteiger partial charge in [-0.3, -0.25) is 14.9 Å². The Morgan fingerprint density at radius 2 is 1.92 bits per heavy atom. The summed E-state index contributed by atoms with van der Waals surface area (Å²) in [5.74, 6) is -0.910. The molecule has 0 heterocycles. The number of benzene rings is 2. The van der Waals surface area contributed by atoms with Gasteiger partial charge in [-0.2, -0.15) is 0 Å². The molecule has 2 rings (SSSR count). The summed E-state index contributed by atoms with van der Waals surface area (Å²) >= 11 is 0. The van der Waals surface area contributed by atoms with E-state index in [1.54, 1.807) is 43.3 Å². The van der Waals surface area contributed by atoms with Gasteiger partial charge in [0, 0.05) is 38.5 Å². The van der Waals surface area contributed by atoms with Crippen molar-refractivity contribution in [1.82, 2.24) is 5.32 Å². The largest absolute Gasteiger partial charge is 0.465 e. The Bertz CT molecular complexity index is 848. The number of methoxy groups -OCH3 is 1. The zero-order valence-corrected chi connectivity index (χ0v) is 14.7. The number of rotatable bonds is 6. The first kappa shape index (κ1) is 18.9. The fourth-order valence-corrected chi connectivity index (χ4v) is 2.41. The van der Waals surface area contributed by atoms with Gasteiger partial charge in [0.2, 0.25) is 0 Å². The number of amides is 1. The van der Waals surface area contributed by atoms with Crippen LogP contribution < -0.4 is 10.2 Å². The van der Waals surface area contributed by atoms with Crippen LogP contribution in [0, 0.1) is 10.1 Å². The van der Waals surface area contributed by atoms with Crippen LogP contribution in [0.25, 0.3) is 0 Å². The van der Waals surface area contributed by atoms with E-state index in [1.165, 1.54) is 25.3 Å². The molecule has 0 aliphatic carbocycles. The van der Waals surface area contributed by atoms with E-state index in [2.05, 4.69) is 10.1 Å². The zero-order chi connectivity index (χ0) is 19.3. The number of esters is 1. The molecule has 0 saturated heterocycles. The molecule has 0 bridgehead atoms. The number of anilines is 1.